The maximum Gasteiger partial charge on any atom is 0.317 e. The Labute approximate surface area is 81.4 Å². The zero-order chi connectivity index (χ0) is 10.6. The Kier molecular flexibility index (Phi) is 3.35. The lowest BCUT2D eigenvalue weighted by atomic mass is 10.3. The van der Waals surface area contributed by atoms with E-state index >= 15 is 0 Å². The first-order valence-corrected chi connectivity index (χ1v) is 4.15. The van der Waals surface area contributed by atoms with Gasteiger partial charge < -0.3 is 4.74 Å². The quantitative estimate of drug-likeness (QED) is 0.371. The van der Waals surface area contributed by atoms with E-state index in [1.807, 2.05) is 6.92 Å². The van der Waals surface area contributed by atoms with Crippen LogP contribution in [0.15, 0.2) is 6.07 Å². The van der Waals surface area contributed by atoms with Crippen LogP contribution in [0.2, 0.25) is 0 Å². The molecule has 0 atom stereocenters. The summed E-state index contributed by atoms with van der Waals surface area (Å²) in [5.41, 5.74) is 2.69. The maximum atomic E-state index is 8.52. The second-order valence-electron chi connectivity index (χ2n) is 2.60. The van der Waals surface area contributed by atoms with Gasteiger partial charge in [-0.15, -0.1) is 0 Å². The van der Waals surface area contributed by atoms with Crippen LogP contribution in [-0.4, -0.2) is 27.6 Å². The van der Waals surface area contributed by atoms with E-state index in [4.69, 9.17) is 15.4 Å². The van der Waals surface area contributed by atoms with E-state index in [0.29, 0.717) is 18.0 Å². The van der Waals surface area contributed by atoms with Crippen molar-refractivity contribution in [2.45, 2.75) is 13.8 Å². The molecule has 14 heavy (non-hydrogen) atoms. The molecule has 0 aliphatic carbocycles. The summed E-state index contributed by atoms with van der Waals surface area (Å²) in [6.45, 7) is 4.04. The molecule has 1 aromatic heterocycles. The van der Waals surface area contributed by atoms with Crippen molar-refractivity contribution in [1.29, 1.82) is 5.41 Å². The summed E-state index contributed by atoms with van der Waals surface area (Å²) < 4.78 is 5.09. The number of aryl methyl sites for hydroxylation is 1. The zero-order valence-electron chi connectivity index (χ0n) is 8.03. The number of amidine groups is 1. The fourth-order valence-corrected chi connectivity index (χ4v) is 0.920. The van der Waals surface area contributed by atoms with Gasteiger partial charge in [-0.05, 0) is 19.9 Å². The molecular weight excluding hydrogens is 184 g/mol. The summed E-state index contributed by atoms with van der Waals surface area (Å²) in [6, 6.07) is 1.79. The van der Waals surface area contributed by atoms with Gasteiger partial charge in [-0.1, -0.05) is 0 Å². The third-order valence-corrected chi connectivity index (χ3v) is 1.48. The van der Waals surface area contributed by atoms with Crippen LogP contribution in [0.4, 0.5) is 0 Å². The molecule has 0 unspecified atom stereocenters. The molecule has 6 nitrogen and oxygen atoms in total. The summed E-state index contributed by atoms with van der Waals surface area (Å²) in [5, 5.41) is 15.8. The van der Waals surface area contributed by atoms with Crippen LogP contribution in [0.5, 0.6) is 6.01 Å². The van der Waals surface area contributed by atoms with Crippen molar-refractivity contribution in [3.63, 3.8) is 0 Å². The van der Waals surface area contributed by atoms with Crippen LogP contribution < -0.4 is 10.2 Å². The lowest BCUT2D eigenvalue weighted by Gasteiger charge is -2.05. The lowest BCUT2D eigenvalue weighted by Crippen LogP contribution is -2.20. The Morgan fingerprint density at radius 3 is 2.93 bits per heavy atom. The Bertz CT molecular complexity index is 340. The third-order valence-electron chi connectivity index (χ3n) is 1.48. The molecule has 1 aromatic rings. The van der Waals surface area contributed by atoms with E-state index in [1.165, 1.54) is 0 Å². The van der Waals surface area contributed by atoms with Crippen molar-refractivity contribution in [3.05, 3.63) is 17.5 Å². The van der Waals surface area contributed by atoms with Crippen molar-refractivity contribution in [2.75, 3.05) is 6.61 Å². The van der Waals surface area contributed by atoms with Crippen LogP contribution >= 0.6 is 0 Å². The standard InChI is InChI=1S/C8H12N4O2/c1-3-14-8-10-5(2)4-6(11-8)7(9)12-13/h4,13H,3H2,1-2H3,(H2,9,12). The monoisotopic (exact) mass is 196 g/mol. The predicted molar refractivity (Wildman–Crippen MR) is 49.7 cm³/mol. The Balaban J connectivity index is 3.00. The molecule has 0 saturated carbocycles. The van der Waals surface area contributed by atoms with Crippen molar-refractivity contribution in [2.24, 2.45) is 0 Å². The first kappa shape index (κ1) is 10.4. The number of nitrogens with zero attached hydrogens (tertiary/aromatic N) is 2. The number of hydrogen-bond acceptors (Lipinski definition) is 5. The third kappa shape index (κ3) is 2.40. The average Bonchev–Trinajstić information content (AvgIpc) is 2.16. The van der Waals surface area contributed by atoms with Gasteiger partial charge in [0.25, 0.3) is 0 Å². The summed E-state index contributed by atoms with van der Waals surface area (Å²) in [4.78, 5) is 7.91. The van der Waals surface area contributed by atoms with Gasteiger partial charge in [-0.2, -0.15) is 4.98 Å². The minimum absolute atomic E-state index is 0.184. The van der Waals surface area contributed by atoms with E-state index in [0.717, 1.165) is 0 Å². The van der Waals surface area contributed by atoms with Crippen LogP contribution in [0, 0.1) is 12.3 Å². The SMILES string of the molecule is CCOc1nc(C)cc(C(=N)NO)n1. The van der Waals surface area contributed by atoms with Gasteiger partial charge in [0.05, 0.1) is 6.61 Å². The van der Waals surface area contributed by atoms with Crippen LogP contribution in [-0.2, 0) is 0 Å². The number of aromatic nitrogens is 2. The largest absolute Gasteiger partial charge is 0.464 e. The maximum absolute atomic E-state index is 8.52. The molecule has 0 aliphatic heterocycles. The highest BCUT2D eigenvalue weighted by atomic mass is 16.5. The molecule has 3 N–H and O–H groups in total. The van der Waals surface area contributed by atoms with Crippen molar-refractivity contribution in [3.8, 4) is 6.01 Å². The number of nitrogens with one attached hydrogen (secondary N) is 2. The second-order valence-corrected chi connectivity index (χ2v) is 2.60. The van der Waals surface area contributed by atoms with Crippen LogP contribution in [0.3, 0.4) is 0 Å². The number of hydrogen-bond donors (Lipinski definition) is 3. The fraction of sp³-hybridized carbons (Fsp3) is 0.375. The molecule has 76 valence electrons. The molecule has 0 amide bonds. The van der Waals surface area contributed by atoms with Gasteiger partial charge >= 0.3 is 6.01 Å². The summed E-state index contributed by atoms with van der Waals surface area (Å²) in [7, 11) is 0. The molecule has 0 radical (unpaired) electrons. The molecule has 6 heteroatoms. The molecular formula is C8H12N4O2. The van der Waals surface area contributed by atoms with E-state index < -0.39 is 0 Å². The van der Waals surface area contributed by atoms with E-state index in [9.17, 15) is 0 Å². The minimum atomic E-state index is -0.184. The van der Waals surface area contributed by atoms with Gasteiger partial charge in [0.15, 0.2) is 5.84 Å². The molecule has 1 rings (SSSR count). The molecule has 0 aromatic carbocycles. The van der Waals surface area contributed by atoms with Gasteiger partial charge in [0, 0.05) is 5.69 Å². The van der Waals surface area contributed by atoms with Gasteiger partial charge in [0.1, 0.15) is 5.69 Å². The average molecular weight is 196 g/mol. The summed E-state index contributed by atoms with van der Waals surface area (Å²) in [6.07, 6.45) is 0. The summed E-state index contributed by atoms with van der Waals surface area (Å²) >= 11 is 0. The number of rotatable bonds is 3. The molecule has 0 fully saturated rings. The van der Waals surface area contributed by atoms with E-state index in [1.54, 1.807) is 18.5 Å². The topological polar surface area (TPSA) is 91.1 Å². The molecule has 0 spiro atoms. The first-order chi connectivity index (χ1) is 6.67. The Morgan fingerprint density at radius 2 is 2.36 bits per heavy atom. The lowest BCUT2D eigenvalue weighted by molar-refractivity contribution is 0.233. The van der Waals surface area contributed by atoms with Crippen molar-refractivity contribution in [1.82, 2.24) is 15.4 Å². The predicted octanol–water partition coefficient (Wildman–Crippen LogP) is 0.488. The van der Waals surface area contributed by atoms with Gasteiger partial charge in [0.2, 0.25) is 0 Å². The van der Waals surface area contributed by atoms with Gasteiger partial charge in [-0.25, -0.2) is 4.98 Å². The van der Waals surface area contributed by atoms with Crippen LogP contribution in [0.1, 0.15) is 18.3 Å². The molecule has 0 bridgehead atoms. The highest BCUT2D eigenvalue weighted by Gasteiger charge is 2.06. The smallest absolute Gasteiger partial charge is 0.317 e. The Hall–Kier alpha value is -1.69. The highest BCUT2D eigenvalue weighted by molar-refractivity contribution is 5.93. The van der Waals surface area contributed by atoms with Crippen LogP contribution in [0.25, 0.3) is 0 Å². The van der Waals surface area contributed by atoms with E-state index in [-0.39, 0.29) is 11.8 Å². The highest BCUT2D eigenvalue weighted by Crippen LogP contribution is 2.06. The van der Waals surface area contributed by atoms with Crippen molar-refractivity contribution < 1.29 is 9.94 Å². The second kappa shape index (κ2) is 4.52. The normalized spacial score (nSPS) is 9.64. The zero-order valence-corrected chi connectivity index (χ0v) is 8.03. The van der Waals surface area contributed by atoms with E-state index in [2.05, 4.69) is 9.97 Å². The molecule has 1 heterocycles. The number of ether oxygens (including phenoxy) is 1. The van der Waals surface area contributed by atoms with Gasteiger partial charge in [-0.3, -0.25) is 16.1 Å². The first-order valence-electron chi connectivity index (χ1n) is 4.15. The fourth-order valence-electron chi connectivity index (χ4n) is 0.920. The minimum Gasteiger partial charge on any atom is -0.464 e. The molecule has 0 saturated heterocycles. The number of hydroxylamine groups is 1. The summed E-state index contributed by atoms with van der Waals surface area (Å²) in [5.74, 6) is -0.184. The van der Waals surface area contributed by atoms with Crippen molar-refractivity contribution >= 4 is 5.84 Å². The Morgan fingerprint density at radius 1 is 1.64 bits per heavy atom. The molecule has 0 aliphatic rings.